The minimum absolute atomic E-state index is 0.101. The van der Waals surface area contributed by atoms with Crippen LogP contribution in [0, 0.1) is 17.0 Å². The summed E-state index contributed by atoms with van der Waals surface area (Å²) >= 11 is 3.33. The number of halogens is 1. The van der Waals surface area contributed by atoms with E-state index in [1.165, 1.54) is 6.07 Å². The number of unbranched alkanes of at least 4 members (excludes halogenated alkanes) is 1. The molecule has 6 nitrogen and oxygen atoms in total. The highest BCUT2D eigenvalue weighted by atomic mass is 79.9. The van der Waals surface area contributed by atoms with E-state index in [1.54, 1.807) is 18.3 Å². The number of aryl methyl sites for hydroxylation is 2. The van der Waals surface area contributed by atoms with Crippen molar-refractivity contribution in [1.29, 1.82) is 0 Å². The van der Waals surface area contributed by atoms with E-state index in [4.69, 9.17) is 0 Å². The number of imidazole rings is 1. The highest BCUT2D eigenvalue weighted by Crippen LogP contribution is 2.27. The maximum atomic E-state index is 11.0. The molecule has 0 aliphatic carbocycles. The van der Waals surface area contributed by atoms with Crippen LogP contribution in [0.2, 0.25) is 0 Å². The van der Waals surface area contributed by atoms with Gasteiger partial charge in [0, 0.05) is 36.0 Å². The first-order chi connectivity index (χ1) is 10.1. The molecule has 1 N–H and O–H groups in total. The van der Waals surface area contributed by atoms with E-state index in [0.717, 1.165) is 29.7 Å². The van der Waals surface area contributed by atoms with E-state index < -0.39 is 0 Å². The number of aromatic nitrogens is 2. The molecule has 21 heavy (non-hydrogen) atoms. The van der Waals surface area contributed by atoms with Crippen molar-refractivity contribution in [2.45, 2.75) is 26.3 Å². The summed E-state index contributed by atoms with van der Waals surface area (Å²) in [6.45, 7) is 3.59. The Labute approximate surface area is 131 Å². The van der Waals surface area contributed by atoms with Gasteiger partial charge in [0.05, 0.1) is 4.92 Å². The second-order valence-electron chi connectivity index (χ2n) is 4.72. The lowest BCUT2D eigenvalue weighted by atomic mass is 10.2. The lowest BCUT2D eigenvalue weighted by molar-refractivity contribution is -0.384. The minimum atomic E-state index is -0.371. The van der Waals surface area contributed by atoms with Crippen molar-refractivity contribution < 1.29 is 4.92 Å². The number of hydrogen-bond donors (Lipinski definition) is 1. The number of anilines is 1. The molecule has 1 aromatic heterocycles. The highest BCUT2D eigenvalue weighted by Gasteiger charge is 2.12. The molecule has 7 heteroatoms. The van der Waals surface area contributed by atoms with Crippen LogP contribution in [0.4, 0.5) is 11.4 Å². The first-order valence-electron chi connectivity index (χ1n) is 6.73. The van der Waals surface area contributed by atoms with E-state index in [0.29, 0.717) is 12.2 Å². The number of rotatable bonds is 7. The zero-order chi connectivity index (χ0) is 15.2. The fourth-order valence-electron chi connectivity index (χ4n) is 2.08. The van der Waals surface area contributed by atoms with Crippen LogP contribution in [0.3, 0.4) is 0 Å². The number of hydrogen-bond acceptors (Lipinski definition) is 4. The smallest absolute Gasteiger partial charge is 0.292 e. The number of nitrogens with zero attached hydrogens (tertiary/aromatic N) is 3. The van der Waals surface area contributed by atoms with Crippen molar-refractivity contribution in [1.82, 2.24) is 9.55 Å². The molecule has 0 saturated heterocycles. The maximum absolute atomic E-state index is 11.0. The third-order valence-electron chi connectivity index (χ3n) is 3.22. The van der Waals surface area contributed by atoms with Gasteiger partial charge in [-0.2, -0.15) is 0 Å². The van der Waals surface area contributed by atoms with Gasteiger partial charge in [0.25, 0.3) is 5.69 Å². The van der Waals surface area contributed by atoms with Gasteiger partial charge in [-0.25, -0.2) is 4.98 Å². The summed E-state index contributed by atoms with van der Waals surface area (Å²) in [5.41, 5.74) is 0.650. The molecule has 0 unspecified atom stereocenters. The summed E-state index contributed by atoms with van der Waals surface area (Å²) in [4.78, 5) is 14.8. The number of nitro benzene ring substituents is 1. The fourth-order valence-corrected chi connectivity index (χ4v) is 2.44. The normalized spacial score (nSPS) is 10.6. The average molecular weight is 353 g/mol. The molecular weight excluding hydrogens is 336 g/mol. The van der Waals surface area contributed by atoms with Crippen LogP contribution < -0.4 is 5.32 Å². The molecule has 0 aliphatic heterocycles. The van der Waals surface area contributed by atoms with Crippen LogP contribution in [-0.2, 0) is 6.54 Å². The molecule has 0 aliphatic rings. The lowest BCUT2D eigenvalue weighted by Crippen LogP contribution is -2.06. The van der Waals surface area contributed by atoms with Crippen LogP contribution in [0.5, 0.6) is 0 Å². The first-order valence-corrected chi connectivity index (χ1v) is 7.53. The molecule has 0 bridgehead atoms. The summed E-state index contributed by atoms with van der Waals surface area (Å²) < 4.78 is 2.92. The molecule has 0 spiro atoms. The largest absolute Gasteiger partial charge is 0.379 e. The van der Waals surface area contributed by atoms with Gasteiger partial charge in [-0.05, 0) is 31.9 Å². The Morgan fingerprint density at radius 1 is 1.43 bits per heavy atom. The van der Waals surface area contributed by atoms with Crippen LogP contribution in [0.25, 0.3) is 0 Å². The van der Waals surface area contributed by atoms with Gasteiger partial charge in [-0.3, -0.25) is 10.1 Å². The van der Waals surface area contributed by atoms with Gasteiger partial charge in [0.1, 0.15) is 11.5 Å². The highest BCUT2D eigenvalue weighted by molar-refractivity contribution is 9.10. The van der Waals surface area contributed by atoms with Crippen molar-refractivity contribution in [3.63, 3.8) is 0 Å². The van der Waals surface area contributed by atoms with E-state index in [9.17, 15) is 10.1 Å². The number of nitro groups is 1. The number of nitrogens with one attached hydrogen (secondary N) is 1. The summed E-state index contributed by atoms with van der Waals surface area (Å²) in [6.07, 6.45) is 5.67. The van der Waals surface area contributed by atoms with Crippen LogP contribution >= 0.6 is 15.9 Å². The Balaban J connectivity index is 1.82. The Kier molecular flexibility index (Phi) is 5.32. The Morgan fingerprint density at radius 2 is 2.24 bits per heavy atom. The molecule has 1 aromatic carbocycles. The van der Waals surface area contributed by atoms with Crippen molar-refractivity contribution in [2.75, 3.05) is 11.9 Å². The minimum Gasteiger partial charge on any atom is -0.379 e. The van der Waals surface area contributed by atoms with E-state index in [2.05, 4.69) is 30.8 Å². The van der Waals surface area contributed by atoms with Gasteiger partial charge in [-0.15, -0.1) is 0 Å². The summed E-state index contributed by atoms with van der Waals surface area (Å²) in [6, 6.07) is 4.91. The van der Waals surface area contributed by atoms with E-state index in [-0.39, 0.29) is 10.6 Å². The third kappa shape index (κ3) is 4.29. The van der Waals surface area contributed by atoms with Crippen molar-refractivity contribution >= 4 is 27.3 Å². The molecule has 2 aromatic rings. The Hall–Kier alpha value is -1.89. The van der Waals surface area contributed by atoms with Crippen LogP contribution in [0.15, 0.2) is 35.1 Å². The molecule has 0 saturated carbocycles. The Morgan fingerprint density at radius 3 is 2.90 bits per heavy atom. The predicted molar refractivity (Wildman–Crippen MR) is 85.5 cm³/mol. The molecule has 1 heterocycles. The summed E-state index contributed by atoms with van der Waals surface area (Å²) in [5.74, 6) is 1.01. The second kappa shape index (κ2) is 7.21. The van der Waals surface area contributed by atoms with Gasteiger partial charge < -0.3 is 9.88 Å². The average Bonchev–Trinajstić information content (AvgIpc) is 2.84. The van der Waals surface area contributed by atoms with E-state index >= 15 is 0 Å². The lowest BCUT2D eigenvalue weighted by Gasteiger charge is -2.08. The second-order valence-corrected chi connectivity index (χ2v) is 5.64. The van der Waals surface area contributed by atoms with Crippen molar-refractivity contribution in [3.8, 4) is 0 Å². The van der Waals surface area contributed by atoms with E-state index in [1.807, 2.05) is 13.1 Å². The Bertz CT molecular complexity index is 627. The van der Waals surface area contributed by atoms with Crippen molar-refractivity contribution in [3.05, 3.63) is 51.0 Å². The van der Waals surface area contributed by atoms with Crippen LogP contribution in [-0.4, -0.2) is 21.0 Å². The molecule has 112 valence electrons. The summed E-state index contributed by atoms with van der Waals surface area (Å²) in [5, 5.41) is 14.1. The first kappa shape index (κ1) is 15.5. The molecule has 0 radical (unpaired) electrons. The quantitative estimate of drug-likeness (QED) is 0.467. The van der Waals surface area contributed by atoms with Gasteiger partial charge in [0.15, 0.2) is 0 Å². The zero-order valence-corrected chi connectivity index (χ0v) is 13.3. The van der Waals surface area contributed by atoms with Gasteiger partial charge in [0.2, 0.25) is 0 Å². The molecule has 2 rings (SSSR count). The van der Waals surface area contributed by atoms with Crippen molar-refractivity contribution in [2.24, 2.45) is 0 Å². The SMILES string of the molecule is Cc1nccn1CCCCNc1cc(Br)ccc1[N+](=O)[O-]. The predicted octanol–water partition coefficient (Wildman–Crippen LogP) is 3.75. The molecule has 0 amide bonds. The fraction of sp³-hybridized carbons (Fsp3) is 0.357. The molecule has 0 atom stereocenters. The topological polar surface area (TPSA) is 73.0 Å². The standard InChI is InChI=1S/C14H17BrN4O2/c1-11-16-7-9-18(11)8-3-2-6-17-13-10-12(15)4-5-14(13)19(20)21/h4-5,7,9-10,17H,2-3,6,8H2,1H3. The van der Waals surface area contributed by atoms with Crippen LogP contribution in [0.1, 0.15) is 18.7 Å². The molecule has 0 fully saturated rings. The van der Waals surface area contributed by atoms with Gasteiger partial charge in [-0.1, -0.05) is 15.9 Å². The monoisotopic (exact) mass is 352 g/mol. The van der Waals surface area contributed by atoms with Gasteiger partial charge >= 0.3 is 0 Å². The maximum Gasteiger partial charge on any atom is 0.292 e. The summed E-state index contributed by atoms with van der Waals surface area (Å²) in [7, 11) is 0. The molecular formula is C14H17BrN4O2. The number of benzene rings is 1. The zero-order valence-electron chi connectivity index (χ0n) is 11.8. The third-order valence-corrected chi connectivity index (χ3v) is 3.71.